The number of aliphatic hydroxyl groups is 1. The minimum Gasteiger partial charge on any atom is -0.503 e. The van der Waals surface area contributed by atoms with Crippen molar-refractivity contribution in [2.45, 2.75) is 19.4 Å². The molecule has 39 heavy (non-hydrogen) atoms. The SMILES string of the molecule is CCCOc1cccc(N2C(=O)C(O)=C(C(=O)c3cc4cc(Cl)cc(OC)c4o3)C2c2ccccc2OC)c1. The van der Waals surface area contributed by atoms with Crippen molar-refractivity contribution in [1.82, 2.24) is 0 Å². The van der Waals surface area contributed by atoms with Gasteiger partial charge in [-0.3, -0.25) is 14.5 Å². The summed E-state index contributed by atoms with van der Waals surface area (Å²) in [6, 6.07) is 17.7. The molecule has 1 N–H and O–H groups in total. The number of para-hydroxylation sites is 1. The Morgan fingerprint density at radius 2 is 1.79 bits per heavy atom. The van der Waals surface area contributed by atoms with E-state index in [9.17, 15) is 14.7 Å². The molecular formula is C30H26ClNO7. The number of furan rings is 1. The molecule has 0 fully saturated rings. The molecule has 200 valence electrons. The highest BCUT2D eigenvalue weighted by molar-refractivity contribution is 6.31. The quantitative estimate of drug-likeness (QED) is 0.233. The number of Topliss-reactive ketones (excluding diaryl/α,β-unsaturated/α-hetero) is 1. The molecule has 1 atom stereocenters. The number of carbonyl (C=O) groups is 2. The van der Waals surface area contributed by atoms with Crippen LogP contribution < -0.4 is 19.1 Å². The number of anilines is 1. The number of halogens is 1. The third-order valence-corrected chi connectivity index (χ3v) is 6.66. The fourth-order valence-corrected chi connectivity index (χ4v) is 4.93. The van der Waals surface area contributed by atoms with Crippen molar-refractivity contribution >= 4 is 39.9 Å². The van der Waals surface area contributed by atoms with Crippen LogP contribution in [0, 0.1) is 0 Å². The van der Waals surface area contributed by atoms with Crippen LogP contribution in [0.1, 0.15) is 35.5 Å². The highest BCUT2D eigenvalue weighted by Gasteiger charge is 2.46. The van der Waals surface area contributed by atoms with Crippen molar-refractivity contribution in [2.24, 2.45) is 0 Å². The topological polar surface area (TPSA) is 98.4 Å². The van der Waals surface area contributed by atoms with E-state index in [2.05, 4.69) is 0 Å². The summed E-state index contributed by atoms with van der Waals surface area (Å²) in [5, 5.41) is 12.1. The second-order valence-corrected chi connectivity index (χ2v) is 9.33. The minimum absolute atomic E-state index is 0.0818. The van der Waals surface area contributed by atoms with Crippen molar-refractivity contribution in [2.75, 3.05) is 25.7 Å². The lowest BCUT2D eigenvalue weighted by molar-refractivity contribution is -0.117. The largest absolute Gasteiger partial charge is 0.503 e. The molecule has 2 heterocycles. The number of benzene rings is 3. The fraction of sp³-hybridized carbons (Fsp3) is 0.200. The number of ether oxygens (including phenoxy) is 3. The smallest absolute Gasteiger partial charge is 0.294 e. The maximum absolute atomic E-state index is 14.0. The van der Waals surface area contributed by atoms with Gasteiger partial charge in [-0.05, 0) is 36.8 Å². The Morgan fingerprint density at radius 3 is 2.54 bits per heavy atom. The van der Waals surface area contributed by atoms with Crippen LogP contribution in [-0.4, -0.2) is 37.6 Å². The van der Waals surface area contributed by atoms with E-state index in [4.69, 9.17) is 30.2 Å². The van der Waals surface area contributed by atoms with Crippen LogP contribution in [0.5, 0.6) is 17.2 Å². The molecule has 0 saturated carbocycles. The van der Waals surface area contributed by atoms with Gasteiger partial charge >= 0.3 is 0 Å². The van der Waals surface area contributed by atoms with Gasteiger partial charge in [0.15, 0.2) is 22.9 Å². The van der Waals surface area contributed by atoms with Crippen LogP contribution >= 0.6 is 11.6 Å². The number of fused-ring (bicyclic) bond motifs is 1. The van der Waals surface area contributed by atoms with Gasteiger partial charge in [-0.2, -0.15) is 0 Å². The number of hydrogen-bond acceptors (Lipinski definition) is 7. The summed E-state index contributed by atoms with van der Waals surface area (Å²) in [7, 11) is 2.96. The average Bonchev–Trinajstić information content (AvgIpc) is 3.49. The number of ketones is 1. The molecule has 1 amide bonds. The number of carbonyl (C=O) groups excluding carboxylic acids is 2. The lowest BCUT2D eigenvalue weighted by atomic mass is 9.94. The molecule has 9 heteroatoms. The van der Waals surface area contributed by atoms with E-state index in [0.717, 1.165) is 6.42 Å². The van der Waals surface area contributed by atoms with Gasteiger partial charge in [0.05, 0.1) is 32.4 Å². The molecule has 1 aromatic heterocycles. The normalized spacial score (nSPS) is 15.2. The predicted octanol–water partition coefficient (Wildman–Crippen LogP) is 6.68. The maximum atomic E-state index is 14.0. The zero-order chi connectivity index (χ0) is 27.7. The lowest BCUT2D eigenvalue weighted by Gasteiger charge is -2.28. The monoisotopic (exact) mass is 547 g/mol. The third kappa shape index (κ3) is 4.68. The lowest BCUT2D eigenvalue weighted by Crippen LogP contribution is -2.31. The summed E-state index contributed by atoms with van der Waals surface area (Å²) >= 11 is 6.20. The fourth-order valence-electron chi connectivity index (χ4n) is 4.72. The maximum Gasteiger partial charge on any atom is 0.294 e. The molecule has 4 aromatic rings. The van der Waals surface area contributed by atoms with Gasteiger partial charge in [-0.1, -0.05) is 42.8 Å². The number of aliphatic hydroxyl groups excluding tert-OH is 1. The van der Waals surface area contributed by atoms with E-state index in [0.29, 0.717) is 51.1 Å². The Bertz CT molecular complexity index is 1610. The zero-order valence-electron chi connectivity index (χ0n) is 21.6. The van der Waals surface area contributed by atoms with Gasteiger partial charge in [-0.15, -0.1) is 0 Å². The Morgan fingerprint density at radius 1 is 1.03 bits per heavy atom. The van der Waals surface area contributed by atoms with Gasteiger partial charge in [0.1, 0.15) is 11.5 Å². The van der Waals surface area contributed by atoms with E-state index in [1.807, 2.05) is 6.92 Å². The van der Waals surface area contributed by atoms with Crippen LogP contribution in [0.2, 0.25) is 5.02 Å². The average molecular weight is 548 g/mol. The van der Waals surface area contributed by atoms with Crippen molar-refractivity contribution < 1.29 is 33.3 Å². The van der Waals surface area contributed by atoms with Gasteiger partial charge < -0.3 is 23.7 Å². The second-order valence-electron chi connectivity index (χ2n) is 8.89. The molecule has 0 spiro atoms. The van der Waals surface area contributed by atoms with Gasteiger partial charge in [0, 0.05) is 33.8 Å². The summed E-state index contributed by atoms with van der Waals surface area (Å²) in [5.41, 5.74) is 1.13. The summed E-state index contributed by atoms with van der Waals surface area (Å²) in [4.78, 5) is 29.0. The number of rotatable bonds is 9. The standard InChI is InChI=1S/C30H26ClNO7/c1-4-12-38-20-9-7-8-19(16-20)32-26(21-10-5-6-11-22(21)36-2)25(28(34)30(32)35)27(33)23-14-17-13-18(31)15-24(37-3)29(17)39-23/h5-11,13-16,26,34H,4,12H2,1-3H3. The van der Waals surface area contributed by atoms with E-state index in [1.165, 1.54) is 25.2 Å². The van der Waals surface area contributed by atoms with Crippen molar-refractivity contribution in [3.63, 3.8) is 0 Å². The first-order chi connectivity index (χ1) is 18.9. The molecule has 0 radical (unpaired) electrons. The summed E-state index contributed by atoms with van der Waals surface area (Å²) < 4.78 is 22.6. The van der Waals surface area contributed by atoms with Crippen molar-refractivity contribution in [3.8, 4) is 17.2 Å². The Kier molecular flexibility index (Phi) is 7.21. The van der Waals surface area contributed by atoms with Gasteiger partial charge in [0.25, 0.3) is 5.91 Å². The van der Waals surface area contributed by atoms with E-state index < -0.39 is 23.5 Å². The predicted molar refractivity (Wildman–Crippen MR) is 147 cm³/mol. The van der Waals surface area contributed by atoms with Crippen LogP contribution in [0.3, 0.4) is 0 Å². The van der Waals surface area contributed by atoms with E-state index >= 15 is 0 Å². The first-order valence-electron chi connectivity index (χ1n) is 12.3. The van der Waals surface area contributed by atoms with E-state index in [-0.39, 0.29) is 11.3 Å². The summed E-state index contributed by atoms with van der Waals surface area (Å²) in [5.74, 6) is -0.809. The molecule has 8 nitrogen and oxygen atoms in total. The van der Waals surface area contributed by atoms with Crippen LogP contribution in [-0.2, 0) is 4.79 Å². The molecule has 5 rings (SSSR count). The number of nitrogens with zero attached hydrogens (tertiary/aromatic N) is 1. The van der Waals surface area contributed by atoms with Crippen molar-refractivity contribution in [3.05, 3.63) is 94.4 Å². The van der Waals surface area contributed by atoms with E-state index in [1.54, 1.807) is 60.7 Å². The van der Waals surface area contributed by atoms with Gasteiger partial charge in [-0.25, -0.2) is 0 Å². The first-order valence-corrected chi connectivity index (χ1v) is 12.7. The molecule has 0 aliphatic carbocycles. The highest BCUT2D eigenvalue weighted by atomic mass is 35.5. The summed E-state index contributed by atoms with van der Waals surface area (Å²) in [6.45, 7) is 2.49. The molecule has 3 aromatic carbocycles. The Balaban J connectivity index is 1.66. The number of methoxy groups -OCH3 is 2. The molecule has 0 saturated heterocycles. The highest BCUT2D eigenvalue weighted by Crippen LogP contribution is 2.46. The van der Waals surface area contributed by atoms with Crippen LogP contribution in [0.25, 0.3) is 11.0 Å². The van der Waals surface area contributed by atoms with Crippen LogP contribution in [0.4, 0.5) is 5.69 Å². The first kappa shape index (κ1) is 26.2. The van der Waals surface area contributed by atoms with Gasteiger partial charge in [0.2, 0.25) is 5.78 Å². The summed E-state index contributed by atoms with van der Waals surface area (Å²) in [6.07, 6.45) is 0.811. The Hall–Kier alpha value is -4.43. The molecule has 1 aliphatic rings. The van der Waals surface area contributed by atoms with Crippen molar-refractivity contribution in [1.29, 1.82) is 0 Å². The molecule has 1 unspecified atom stereocenters. The van der Waals surface area contributed by atoms with Crippen LogP contribution in [0.15, 0.2) is 82.5 Å². The minimum atomic E-state index is -1.01. The molecule has 0 bridgehead atoms. The third-order valence-electron chi connectivity index (χ3n) is 6.45. The number of hydrogen-bond donors (Lipinski definition) is 1. The second kappa shape index (κ2) is 10.7. The Labute approximate surface area is 229 Å². The molecule has 1 aliphatic heterocycles. The molecular weight excluding hydrogens is 522 g/mol. The zero-order valence-corrected chi connectivity index (χ0v) is 22.3. The number of amides is 1.